The molecule has 134 valence electrons. The van der Waals surface area contributed by atoms with E-state index in [0.717, 1.165) is 32.4 Å². The molecule has 24 heavy (non-hydrogen) atoms. The second-order valence-corrected chi connectivity index (χ2v) is 8.43. The van der Waals surface area contributed by atoms with Crippen LogP contribution in [-0.4, -0.2) is 81.9 Å². The summed E-state index contributed by atoms with van der Waals surface area (Å²) in [4.78, 5) is 14.5. The van der Waals surface area contributed by atoms with Crippen LogP contribution in [0.15, 0.2) is 18.2 Å². The minimum Gasteiger partial charge on any atom is -0.506 e. The highest BCUT2D eigenvalue weighted by Crippen LogP contribution is 2.27. The number of carbonyl (C=O) groups excluding carboxylic acids is 1. The second kappa shape index (κ2) is 6.96. The van der Waals surface area contributed by atoms with E-state index >= 15 is 0 Å². The highest BCUT2D eigenvalue weighted by atomic mass is 32.2. The fourth-order valence-electron chi connectivity index (χ4n) is 2.65. The molecule has 2 rings (SSSR count). The standard InChI is InChI=1S/C15H24N4O4S/c1-18-6-8-19(2,9-7-18)11-15(21)16-12-4-5-13(14(20)10-12)17-24(3,22)23/h4-5,10,17H,6-9,11H2,1-3H3,(H-,16,20,21)/p+1. The SMILES string of the molecule is CN1CC[N+](C)(CC(=O)Nc2ccc(NS(C)(=O)=O)c(O)c2)CC1. The first kappa shape index (κ1) is 18.5. The number of nitrogens with one attached hydrogen (secondary N) is 2. The summed E-state index contributed by atoms with van der Waals surface area (Å²) in [5.41, 5.74) is 0.505. The number of piperazine rings is 1. The van der Waals surface area contributed by atoms with Crippen LogP contribution in [0.5, 0.6) is 5.75 Å². The second-order valence-electron chi connectivity index (χ2n) is 6.68. The molecule has 0 spiro atoms. The number of phenolic OH excluding ortho intramolecular Hbond substituents is 1. The summed E-state index contributed by atoms with van der Waals surface area (Å²) in [6, 6.07) is 4.29. The van der Waals surface area contributed by atoms with Gasteiger partial charge in [-0.05, 0) is 19.2 Å². The first-order chi connectivity index (χ1) is 11.1. The molecule has 1 aliphatic heterocycles. The third-order valence-electron chi connectivity index (χ3n) is 4.15. The summed E-state index contributed by atoms with van der Waals surface area (Å²) in [5.74, 6) is -0.372. The molecule has 1 heterocycles. The molecule has 0 atom stereocenters. The maximum Gasteiger partial charge on any atom is 0.279 e. The number of nitrogens with zero attached hydrogens (tertiary/aromatic N) is 2. The van der Waals surface area contributed by atoms with Crippen LogP contribution >= 0.6 is 0 Å². The average Bonchev–Trinajstić information content (AvgIpc) is 2.44. The molecule has 0 bridgehead atoms. The number of anilines is 2. The quantitative estimate of drug-likeness (QED) is 0.513. The molecule has 3 N–H and O–H groups in total. The number of phenols is 1. The maximum absolute atomic E-state index is 12.3. The van der Waals surface area contributed by atoms with Gasteiger partial charge in [-0.2, -0.15) is 0 Å². The van der Waals surface area contributed by atoms with Gasteiger partial charge in [0.15, 0.2) is 6.54 Å². The van der Waals surface area contributed by atoms with E-state index in [9.17, 15) is 18.3 Å². The summed E-state index contributed by atoms with van der Waals surface area (Å²) < 4.78 is 25.3. The van der Waals surface area contributed by atoms with Crippen molar-refractivity contribution in [2.45, 2.75) is 0 Å². The molecular formula is C15H25N4O4S+. The molecule has 1 amide bonds. The highest BCUT2D eigenvalue weighted by molar-refractivity contribution is 7.92. The Balaban J connectivity index is 1.98. The number of hydrogen-bond donors (Lipinski definition) is 3. The van der Waals surface area contributed by atoms with E-state index < -0.39 is 10.0 Å². The van der Waals surface area contributed by atoms with Gasteiger partial charge < -0.3 is 14.9 Å². The van der Waals surface area contributed by atoms with Crippen molar-refractivity contribution in [3.8, 4) is 5.75 Å². The van der Waals surface area contributed by atoms with Crippen molar-refractivity contribution < 1.29 is 22.8 Å². The predicted molar refractivity (Wildman–Crippen MR) is 93.5 cm³/mol. The van der Waals surface area contributed by atoms with Gasteiger partial charge >= 0.3 is 0 Å². The Kier molecular flexibility index (Phi) is 5.36. The molecule has 0 saturated carbocycles. The van der Waals surface area contributed by atoms with Crippen LogP contribution in [0.4, 0.5) is 11.4 Å². The van der Waals surface area contributed by atoms with Gasteiger partial charge in [0.2, 0.25) is 10.0 Å². The monoisotopic (exact) mass is 357 g/mol. The lowest BCUT2D eigenvalue weighted by Crippen LogP contribution is -2.58. The number of aromatic hydroxyl groups is 1. The molecule has 0 radical (unpaired) electrons. The number of carbonyl (C=O) groups is 1. The average molecular weight is 357 g/mol. The number of amides is 1. The molecule has 0 aliphatic carbocycles. The molecule has 0 unspecified atom stereocenters. The van der Waals surface area contributed by atoms with Crippen LogP contribution in [0.3, 0.4) is 0 Å². The number of benzene rings is 1. The van der Waals surface area contributed by atoms with Crippen molar-refractivity contribution in [2.24, 2.45) is 0 Å². The van der Waals surface area contributed by atoms with Gasteiger partial charge in [0.05, 0.1) is 32.1 Å². The highest BCUT2D eigenvalue weighted by Gasteiger charge is 2.29. The van der Waals surface area contributed by atoms with Gasteiger partial charge in [0, 0.05) is 24.8 Å². The summed E-state index contributed by atoms with van der Waals surface area (Å²) in [6.45, 7) is 4.09. The Morgan fingerprint density at radius 1 is 1.33 bits per heavy atom. The topological polar surface area (TPSA) is 98.7 Å². The molecule has 1 aromatic carbocycles. The van der Waals surface area contributed by atoms with E-state index in [1.54, 1.807) is 6.07 Å². The lowest BCUT2D eigenvalue weighted by atomic mass is 10.2. The molecule has 1 saturated heterocycles. The fraction of sp³-hybridized carbons (Fsp3) is 0.533. The number of sulfonamides is 1. The lowest BCUT2D eigenvalue weighted by molar-refractivity contribution is -0.905. The minimum absolute atomic E-state index is 0.0774. The summed E-state index contributed by atoms with van der Waals surface area (Å²) in [7, 11) is 0.655. The van der Waals surface area contributed by atoms with Crippen molar-refractivity contribution in [3.63, 3.8) is 0 Å². The van der Waals surface area contributed by atoms with Crippen molar-refractivity contribution in [3.05, 3.63) is 18.2 Å². The Labute approximate surface area is 142 Å². The third kappa shape index (κ3) is 5.36. The van der Waals surface area contributed by atoms with Gasteiger partial charge in [-0.25, -0.2) is 8.42 Å². The van der Waals surface area contributed by atoms with Gasteiger partial charge in [-0.15, -0.1) is 0 Å². The van der Waals surface area contributed by atoms with E-state index in [1.165, 1.54) is 12.1 Å². The van der Waals surface area contributed by atoms with Gasteiger partial charge in [0.1, 0.15) is 5.75 Å². The normalized spacial score (nSPS) is 18.1. The first-order valence-electron chi connectivity index (χ1n) is 7.69. The third-order valence-corrected chi connectivity index (χ3v) is 4.74. The van der Waals surface area contributed by atoms with E-state index in [1.807, 2.05) is 0 Å². The zero-order valence-electron chi connectivity index (χ0n) is 14.2. The van der Waals surface area contributed by atoms with Crippen molar-refractivity contribution in [1.29, 1.82) is 0 Å². The summed E-state index contributed by atoms with van der Waals surface area (Å²) in [5, 5.41) is 12.6. The Morgan fingerprint density at radius 3 is 2.50 bits per heavy atom. The van der Waals surface area contributed by atoms with Gasteiger partial charge in [0.25, 0.3) is 5.91 Å². The van der Waals surface area contributed by atoms with Crippen LogP contribution in [0.2, 0.25) is 0 Å². The number of quaternary nitrogens is 1. The lowest BCUT2D eigenvalue weighted by Gasteiger charge is -2.40. The fourth-order valence-corrected chi connectivity index (χ4v) is 3.22. The van der Waals surface area contributed by atoms with Crippen molar-refractivity contribution >= 4 is 27.3 Å². The van der Waals surface area contributed by atoms with Crippen LogP contribution in [0.1, 0.15) is 0 Å². The maximum atomic E-state index is 12.3. The molecule has 1 aliphatic rings. The Morgan fingerprint density at radius 2 is 1.96 bits per heavy atom. The molecular weight excluding hydrogens is 332 g/mol. The minimum atomic E-state index is -3.47. The summed E-state index contributed by atoms with van der Waals surface area (Å²) in [6.07, 6.45) is 1.00. The van der Waals surface area contributed by atoms with E-state index in [4.69, 9.17) is 0 Å². The molecule has 1 aromatic rings. The van der Waals surface area contributed by atoms with Crippen LogP contribution in [0.25, 0.3) is 0 Å². The number of rotatable bonds is 5. The van der Waals surface area contributed by atoms with E-state index in [0.29, 0.717) is 16.7 Å². The number of likely N-dealkylation sites (N-methyl/N-ethyl adjacent to an activating group) is 2. The van der Waals surface area contributed by atoms with Crippen molar-refractivity contribution in [1.82, 2.24) is 4.90 Å². The molecule has 9 heteroatoms. The predicted octanol–water partition coefficient (Wildman–Crippen LogP) is 0.0942. The van der Waals surface area contributed by atoms with Crippen LogP contribution < -0.4 is 10.0 Å². The molecule has 8 nitrogen and oxygen atoms in total. The van der Waals surface area contributed by atoms with E-state index in [2.05, 4.69) is 29.0 Å². The molecule has 1 fully saturated rings. The smallest absolute Gasteiger partial charge is 0.279 e. The zero-order valence-corrected chi connectivity index (χ0v) is 15.1. The largest absolute Gasteiger partial charge is 0.506 e. The van der Waals surface area contributed by atoms with Crippen LogP contribution in [-0.2, 0) is 14.8 Å². The molecule has 0 aromatic heterocycles. The van der Waals surface area contributed by atoms with Gasteiger partial charge in [-0.3, -0.25) is 14.4 Å². The van der Waals surface area contributed by atoms with Crippen molar-refractivity contribution in [2.75, 3.05) is 63.1 Å². The first-order valence-corrected chi connectivity index (χ1v) is 9.58. The summed E-state index contributed by atoms with van der Waals surface area (Å²) >= 11 is 0. The number of hydrogen-bond acceptors (Lipinski definition) is 5. The Hall–Kier alpha value is -1.84. The van der Waals surface area contributed by atoms with Crippen LogP contribution in [0, 0.1) is 0 Å². The van der Waals surface area contributed by atoms with Gasteiger partial charge in [-0.1, -0.05) is 0 Å². The zero-order chi connectivity index (χ0) is 18.0. The Bertz CT molecular complexity index is 712. The van der Waals surface area contributed by atoms with E-state index in [-0.39, 0.29) is 17.3 Å².